The van der Waals surface area contributed by atoms with Gasteiger partial charge in [0.2, 0.25) is 0 Å². The van der Waals surface area contributed by atoms with Gasteiger partial charge in [0.25, 0.3) is 0 Å². The largest absolute Gasteiger partial charge is 1.00 e. The quantitative estimate of drug-likeness (QED) is 0.545. The summed E-state index contributed by atoms with van der Waals surface area (Å²) in [7, 11) is 0. The Morgan fingerprint density at radius 1 is 1.19 bits per heavy atom. The molecular weight excluding hydrogens is 277 g/mol. The molecule has 0 aromatic heterocycles. The maximum atomic E-state index is 3.68. The molecule has 0 radical (unpaired) electrons. The summed E-state index contributed by atoms with van der Waals surface area (Å²) in [6.07, 6.45) is 2.39. The minimum Gasteiger partial charge on any atom is -1.00 e. The molecule has 1 N–H and O–H groups in total. The van der Waals surface area contributed by atoms with E-state index in [1.54, 1.807) is 3.88 Å². The molecule has 0 spiro atoms. The second-order valence-corrected chi connectivity index (χ2v) is 6.80. The molecule has 1 rings (SSSR count). The summed E-state index contributed by atoms with van der Waals surface area (Å²) in [5.41, 5.74) is 3.28. The summed E-state index contributed by atoms with van der Waals surface area (Å²) in [4.78, 5) is 0. The molecule has 1 aliphatic carbocycles. The van der Waals surface area contributed by atoms with Gasteiger partial charge in [-0.05, 0) is 0 Å². The molecule has 1 atom stereocenters. The van der Waals surface area contributed by atoms with Crippen LogP contribution >= 0.6 is 0 Å². The molecule has 0 aliphatic heterocycles. The van der Waals surface area contributed by atoms with Crippen LogP contribution in [0.4, 0.5) is 0 Å². The summed E-state index contributed by atoms with van der Waals surface area (Å²) >= 11 is -0.137. The van der Waals surface area contributed by atoms with Gasteiger partial charge in [0, 0.05) is 0 Å². The predicted octanol–water partition coefficient (Wildman–Crippen LogP) is -2.75. The van der Waals surface area contributed by atoms with Gasteiger partial charge in [-0.3, -0.25) is 0 Å². The Hall–Kier alpha value is 0.734. The van der Waals surface area contributed by atoms with Crippen LogP contribution in [-0.4, -0.2) is 5.54 Å². The van der Waals surface area contributed by atoms with Crippen LogP contribution in [0.2, 0.25) is 0 Å². The first-order valence-corrected chi connectivity index (χ1v) is 6.80. The van der Waals surface area contributed by atoms with Crippen molar-refractivity contribution in [1.82, 2.24) is 3.80 Å². The van der Waals surface area contributed by atoms with Gasteiger partial charge in [0.05, 0.1) is 0 Å². The van der Waals surface area contributed by atoms with Crippen molar-refractivity contribution in [3.8, 4) is 0 Å². The maximum Gasteiger partial charge on any atom is -1.00 e. The molecule has 0 heterocycles. The van der Waals surface area contributed by atoms with Gasteiger partial charge >= 0.3 is 97.3 Å². The third-order valence-electron chi connectivity index (χ3n) is 2.52. The summed E-state index contributed by atoms with van der Waals surface area (Å²) < 4.78 is 5.36. The van der Waals surface area contributed by atoms with Gasteiger partial charge < -0.3 is 24.8 Å². The van der Waals surface area contributed by atoms with Gasteiger partial charge in [0.15, 0.2) is 0 Å². The second kappa shape index (κ2) is 7.23. The third-order valence-corrected chi connectivity index (χ3v) is 5.61. The smallest absolute Gasteiger partial charge is 1.00 e. The summed E-state index contributed by atoms with van der Waals surface area (Å²) in [6.45, 7) is 13.5. The van der Waals surface area contributed by atoms with Crippen LogP contribution in [0.5, 0.6) is 0 Å². The standard InChI is InChI=1S/C8H11.C4H10N.2ClH.Ti/c1-6-4-7(2)8(3)5-6;1-4(2,3)5;;;/h4,6H,1-3H3;5H,1-3H3;2*1H;/q;-1;;;+3/p-2. The van der Waals surface area contributed by atoms with Gasteiger partial charge in [-0.15, -0.1) is 0 Å². The molecule has 0 saturated heterocycles. The van der Waals surface area contributed by atoms with Crippen LogP contribution in [0, 0.1) is 5.92 Å². The molecule has 0 aromatic carbocycles. The number of hydrogen-bond donors (Lipinski definition) is 1. The molecule has 4 heteroatoms. The monoisotopic (exact) mass is 297 g/mol. The Labute approximate surface area is 122 Å². The van der Waals surface area contributed by atoms with E-state index in [2.05, 4.69) is 51.4 Å². The van der Waals surface area contributed by atoms with Gasteiger partial charge in [-0.1, -0.05) is 0 Å². The number of allylic oxidation sites excluding steroid dienone is 4. The average molecular weight is 298 g/mol. The van der Waals surface area contributed by atoms with Crippen molar-refractivity contribution in [3.05, 3.63) is 21.1 Å². The second-order valence-electron chi connectivity index (χ2n) is 5.18. The van der Waals surface area contributed by atoms with E-state index in [0.29, 0.717) is 5.92 Å². The van der Waals surface area contributed by atoms with E-state index in [1.807, 2.05) is 0 Å². The van der Waals surface area contributed by atoms with Crippen LogP contribution in [0.3, 0.4) is 0 Å². The van der Waals surface area contributed by atoms with Crippen molar-refractivity contribution in [2.24, 2.45) is 5.92 Å². The van der Waals surface area contributed by atoms with E-state index in [4.69, 9.17) is 0 Å². The van der Waals surface area contributed by atoms with E-state index in [0.717, 1.165) is 0 Å². The average Bonchev–Trinajstić information content (AvgIpc) is 2.23. The van der Waals surface area contributed by atoms with E-state index in [-0.39, 0.29) is 49.8 Å². The number of rotatable bonds is 2. The Morgan fingerprint density at radius 3 is 2.00 bits per heavy atom. The Balaban J connectivity index is 0. The zero-order valence-corrected chi connectivity index (χ0v) is 14.0. The number of halogens is 2. The molecule has 0 aromatic rings. The zero-order chi connectivity index (χ0) is 10.9. The van der Waals surface area contributed by atoms with Crippen LogP contribution in [0.1, 0.15) is 41.5 Å². The molecule has 16 heavy (non-hydrogen) atoms. The van der Waals surface area contributed by atoms with E-state index < -0.39 is 0 Å². The van der Waals surface area contributed by atoms with Crippen LogP contribution in [0.25, 0.3) is 0 Å². The normalized spacial score (nSPS) is 19.6. The molecule has 92 valence electrons. The van der Waals surface area contributed by atoms with Crippen LogP contribution in [0.15, 0.2) is 21.1 Å². The van der Waals surface area contributed by atoms with Crippen LogP contribution in [-0.2, 0) is 19.4 Å². The number of nitrogens with one attached hydrogen (secondary N) is 1. The molecule has 0 saturated carbocycles. The van der Waals surface area contributed by atoms with E-state index in [1.165, 1.54) is 11.1 Å². The summed E-state index contributed by atoms with van der Waals surface area (Å²) in [6, 6.07) is 0. The van der Waals surface area contributed by atoms with Crippen molar-refractivity contribution in [3.63, 3.8) is 0 Å². The molecule has 0 fully saturated rings. The molecule has 0 amide bonds. The molecular formula is C12H21Cl2NTi. The Bertz CT molecular complexity index is 290. The van der Waals surface area contributed by atoms with Crippen molar-refractivity contribution >= 4 is 0 Å². The maximum absolute atomic E-state index is 3.68. The topological polar surface area (TPSA) is 12.0 Å². The van der Waals surface area contributed by atoms with Gasteiger partial charge in [-0.25, -0.2) is 0 Å². The van der Waals surface area contributed by atoms with Crippen molar-refractivity contribution in [2.75, 3.05) is 0 Å². The molecule has 1 nitrogen and oxygen atoms in total. The summed E-state index contributed by atoms with van der Waals surface area (Å²) in [5.74, 6) is 0.671. The first kappa shape index (κ1) is 19.1. The Morgan fingerprint density at radius 2 is 1.69 bits per heavy atom. The van der Waals surface area contributed by atoms with Crippen molar-refractivity contribution in [1.29, 1.82) is 0 Å². The van der Waals surface area contributed by atoms with E-state index in [9.17, 15) is 0 Å². The Kier molecular flexibility index (Phi) is 8.62. The van der Waals surface area contributed by atoms with E-state index >= 15 is 0 Å². The third kappa shape index (κ3) is 5.38. The fraction of sp³-hybridized carbons (Fsp3) is 0.667. The predicted molar refractivity (Wildman–Crippen MR) is 58.5 cm³/mol. The molecule has 1 unspecified atom stereocenters. The number of hydrogen-bond acceptors (Lipinski definition) is 1. The van der Waals surface area contributed by atoms with Crippen LogP contribution < -0.4 is 28.6 Å². The first-order valence-electron chi connectivity index (χ1n) is 5.24. The minimum atomic E-state index is -0.137. The summed E-state index contributed by atoms with van der Waals surface area (Å²) in [5, 5.41) is 0. The SMILES string of the molecule is CC1=CC(C)[C]([Ti+2][NH]C(C)(C)C)=C1C.[Cl-].[Cl-]. The zero-order valence-electron chi connectivity index (χ0n) is 10.9. The first-order chi connectivity index (χ1) is 6.31. The molecule has 0 bridgehead atoms. The van der Waals surface area contributed by atoms with Crippen molar-refractivity contribution in [2.45, 2.75) is 47.1 Å². The fourth-order valence-corrected chi connectivity index (χ4v) is 3.48. The molecule has 1 aliphatic rings. The van der Waals surface area contributed by atoms with Gasteiger partial charge in [-0.2, -0.15) is 0 Å². The van der Waals surface area contributed by atoms with Crippen molar-refractivity contribution < 1.29 is 44.2 Å². The van der Waals surface area contributed by atoms with Gasteiger partial charge in [0.1, 0.15) is 0 Å². The minimum absolute atomic E-state index is 0. The fourth-order valence-electron chi connectivity index (χ4n) is 1.60.